The Hall–Kier alpha value is -1.55. The normalized spacial score (nSPS) is 19.7. The number of hydrogen-bond acceptors (Lipinski definition) is 4. The molecule has 4 nitrogen and oxygen atoms in total. The molecule has 1 aromatic rings. The second-order valence-electron chi connectivity index (χ2n) is 5.34. The van der Waals surface area contributed by atoms with Crippen LogP contribution in [0.15, 0.2) is 18.2 Å². The van der Waals surface area contributed by atoms with E-state index in [1.54, 1.807) is 0 Å². The van der Waals surface area contributed by atoms with E-state index in [0.717, 1.165) is 49.5 Å². The van der Waals surface area contributed by atoms with E-state index in [1.165, 1.54) is 0 Å². The molecular formula is C15H20N2O2. The van der Waals surface area contributed by atoms with E-state index in [-0.39, 0.29) is 11.7 Å². The van der Waals surface area contributed by atoms with Crippen LogP contribution in [0.4, 0.5) is 5.69 Å². The Kier molecular flexibility index (Phi) is 3.42. The minimum absolute atomic E-state index is 0.175. The standard InChI is InChI=1S/C15H20N2O2/c1-17-8-9-19-14-3-2-12(10-13(14)17)15(18)11-4-6-16-7-5-11/h2-3,10-11,16H,4-9H2,1H3. The largest absolute Gasteiger partial charge is 0.490 e. The van der Waals surface area contributed by atoms with Gasteiger partial charge in [0.05, 0.1) is 12.2 Å². The van der Waals surface area contributed by atoms with Crippen molar-refractivity contribution in [3.05, 3.63) is 23.8 Å². The molecule has 0 unspecified atom stereocenters. The lowest BCUT2D eigenvalue weighted by Crippen LogP contribution is -2.32. The highest BCUT2D eigenvalue weighted by Crippen LogP contribution is 2.32. The summed E-state index contributed by atoms with van der Waals surface area (Å²) < 4.78 is 5.61. The van der Waals surface area contributed by atoms with Crippen LogP contribution in [0.5, 0.6) is 5.75 Å². The van der Waals surface area contributed by atoms with Gasteiger partial charge in [-0.15, -0.1) is 0 Å². The molecule has 0 saturated carbocycles. The van der Waals surface area contributed by atoms with Crippen LogP contribution < -0.4 is 15.0 Å². The van der Waals surface area contributed by atoms with Crippen LogP contribution in [0.2, 0.25) is 0 Å². The quantitative estimate of drug-likeness (QED) is 0.822. The molecular weight excluding hydrogens is 240 g/mol. The Morgan fingerprint density at radius 2 is 2.16 bits per heavy atom. The van der Waals surface area contributed by atoms with Crippen molar-refractivity contribution < 1.29 is 9.53 Å². The molecule has 4 heteroatoms. The Balaban J connectivity index is 1.84. The molecule has 19 heavy (non-hydrogen) atoms. The molecule has 1 aromatic carbocycles. The maximum atomic E-state index is 12.5. The molecule has 0 amide bonds. The van der Waals surface area contributed by atoms with E-state index in [4.69, 9.17) is 4.74 Å². The van der Waals surface area contributed by atoms with Gasteiger partial charge in [-0.25, -0.2) is 0 Å². The summed E-state index contributed by atoms with van der Waals surface area (Å²) >= 11 is 0. The van der Waals surface area contributed by atoms with Crippen LogP contribution >= 0.6 is 0 Å². The number of hydrogen-bond donors (Lipinski definition) is 1. The van der Waals surface area contributed by atoms with E-state index in [9.17, 15) is 4.79 Å². The van der Waals surface area contributed by atoms with Crippen LogP contribution in [0.1, 0.15) is 23.2 Å². The molecule has 0 bridgehead atoms. The summed E-state index contributed by atoms with van der Waals surface area (Å²) in [5, 5.41) is 3.30. The Morgan fingerprint density at radius 3 is 2.95 bits per heavy atom. The number of likely N-dealkylation sites (N-methyl/N-ethyl adjacent to an activating group) is 1. The van der Waals surface area contributed by atoms with Crippen LogP contribution in [0.25, 0.3) is 0 Å². The molecule has 0 aromatic heterocycles. The number of nitrogens with zero attached hydrogens (tertiary/aromatic N) is 1. The number of nitrogens with one attached hydrogen (secondary N) is 1. The van der Waals surface area contributed by atoms with Gasteiger partial charge >= 0.3 is 0 Å². The third kappa shape index (κ3) is 2.45. The summed E-state index contributed by atoms with van der Waals surface area (Å²) in [6.45, 7) is 3.48. The van der Waals surface area contributed by atoms with Crippen molar-refractivity contribution in [2.75, 3.05) is 38.2 Å². The zero-order chi connectivity index (χ0) is 13.2. The van der Waals surface area contributed by atoms with Crippen molar-refractivity contribution in [2.24, 2.45) is 5.92 Å². The topological polar surface area (TPSA) is 41.6 Å². The number of ether oxygens (including phenoxy) is 1. The zero-order valence-corrected chi connectivity index (χ0v) is 11.3. The lowest BCUT2D eigenvalue weighted by molar-refractivity contribution is 0.0895. The number of benzene rings is 1. The van der Waals surface area contributed by atoms with E-state index >= 15 is 0 Å². The fraction of sp³-hybridized carbons (Fsp3) is 0.533. The highest BCUT2D eigenvalue weighted by atomic mass is 16.5. The zero-order valence-electron chi connectivity index (χ0n) is 11.3. The summed E-state index contributed by atoms with van der Waals surface area (Å²) in [6, 6.07) is 5.82. The molecule has 1 saturated heterocycles. The van der Waals surface area contributed by atoms with Crippen molar-refractivity contribution in [1.29, 1.82) is 0 Å². The molecule has 0 atom stereocenters. The smallest absolute Gasteiger partial charge is 0.166 e. The van der Waals surface area contributed by atoms with Crippen LogP contribution in [0, 0.1) is 5.92 Å². The van der Waals surface area contributed by atoms with Gasteiger partial charge in [0.1, 0.15) is 12.4 Å². The molecule has 2 aliphatic rings. The number of piperidine rings is 1. The Labute approximate surface area is 113 Å². The van der Waals surface area contributed by atoms with Crippen molar-refractivity contribution >= 4 is 11.5 Å². The van der Waals surface area contributed by atoms with Crippen LogP contribution in [0.3, 0.4) is 0 Å². The molecule has 1 N–H and O–H groups in total. The number of carbonyl (C=O) groups is 1. The maximum absolute atomic E-state index is 12.5. The second kappa shape index (κ2) is 5.21. The van der Waals surface area contributed by atoms with Gasteiger partial charge in [0, 0.05) is 18.5 Å². The van der Waals surface area contributed by atoms with Gasteiger partial charge in [-0.3, -0.25) is 4.79 Å². The monoisotopic (exact) mass is 260 g/mol. The minimum atomic E-state index is 0.175. The number of ketones is 1. The summed E-state index contributed by atoms with van der Waals surface area (Å²) in [5.41, 5.74) is 1.86. The summed E-state index contributed by atoms with van der Waals surface area (Å²) in [6.07, 6.45) is 1.89. The van der Waals surface area contributed by atoms with Gasteiger partial charge in [0.2, 0.25) is 0 Å². The van der Waals surface area contributed by atoms with E-state index < -0.39 is 0 Å². The van der Waals surface area contributed by atoms with Crippen molar-refractivity contribution in [3.63, 3.8) is 0 Å². The minimum Gasteiger partial charge on any atom is -0.490 e. The number of anilines is 1. The third-order valence-electron chi connectivity index (χ3n) is 4.05. The fourth-order valence-electron chi connectivity index (χ4n) is 2.82. The average Bonchev–Trinajstić information content (AvgIpc) is 2.47. The van der Waals surface area contributed by atoms with Crippen molar-refractivity contribution in [1.82, 2.24) is 5.32 Å². The first-order valence-electron chi connectivity index (χ1n) is 6.98. The van der Waals surface area contributed by atoms with Gasteiger partial charge in [-0.05, 0) is 44.1 Å². The van der Waals surface area contributed by atoms with E-state index in [0.29, 0.717) is 6.61 Å². The van der Waals surface area contributed by atoms with Crippen LogP contribution in [-0.4, -0.2) is 39.1 Å². The SMILES string of the molecule is CN1CCOc2ccc(C(=O)C3CCNCC3)cc21. The first-order valence-corrected chi connectivity index (χ1v) is 6.98. The van der Waals surface area contributed by atoms with Crippen molar-refractivity contribution in [3.8, 4) is 5.75 Å². The third-order valence-corrected chi connectivity index (χ3v) is 4.05. The molecule has 2 heterocycles. The number of carbonyl (C=O) groups excluding carboxylic acids is 1. The number of fused-ring (bicyclic) bond motifs is 1. The van der Waals surface area contributed by atoms with Crippen LogP contribution in [-0.2, 0) is 0 Å². The first-order chi connectivity index (χ1) is 9.25. The molecule has 3 rings (SSSR count). The lowest BCUT2D eigenvalue weighted by Gasteiger charge is -2.28. The Morgan fingerprint density at radius 1 is 1.37 bits per heavy atom. The molecule has 0 aliphatic carbocycles. The molecule has 1 fully saturated rings. The first kappa shape index (κ1) is 12.5. The molecule has 2 aliphatic heterocycles. The van der Waals surface area contributed by atoms with Gasteiger partial charge in [-0.1, -0.05) is 0 Å². The van der Waals surface area contributed by atoms with Gasteiger partial charge in [0.15, 0.2) is 5.78 Å². The molecule has 102 valence electrons. The maximum Gasteiger partial charge on any atom is 0.166 e. The molecule has 0 radical (unpaired) electrons. The number of rotatable bonds is 2. The summed E-state index contributed by atoms with van der Waals surface area (Å²) in [5.74, 6) is 1.34. The average molecular weight is 260 g/mol. The van der Waals surface area contributed by atoms with Crippen molar-refractivity contribution in [2.45, 2.75) is 12.8 Å². The van der Waals surface area contributed by atoms with E-state index in [2.05, 4.69) is 10.2 Å². The molecule has 0 spiro atoms. The predicted octanol–water partition coefficient (Wildman–Crippen LogP) is 1.70. The van der Waals surface area contributed by atoms with E-state index in [1.807, 2.05) is 25.2 Å². The fourth-order valence-corrected chi connectivity index (χ4v) is 2.82. The van der Waals surface area contributed by atoms with Gasteiger partial charge < -0.3 is 15.0 Å². The predicted molar refractivity (Wildman–Crippen MR) is 75.1 cm³/mol. The summed E-state index contributed by atoms with van der Waals surface area (Å²) in [7, 11) is 2.04. The lowest BCUT2D eigenvalue weighted by atomic mass is 9.89. The second-order valence-corrected chi connectivity index (χ2v) is 5.34. The highest BCUT2D eigenvalue weighted by Gasteiger charge is 2.24. The number of Topliss-reactive ketones (excluding diaryl/α,β-unsaturated/α-hetero) is 1. The summed E-state index contributed by atoms with van der Waals surface area (Å²) in [4.78, 5) is 14.7. The van der Waals surface area contributed by atoms with Gasteiger partial charge in [-0.2, -0.15) is 0 Å². The highest BCUT2D eigenvalue weighted by molar-refractivity contribution is 5.99. The Bertz CT molecular complexity index is 481. The van der Waals surface area contributed by atoms with Gasteiger partial charge in [0.25, 0.3) is 0 Å².